The van der Waals surface area contributed by atoms with Crippen LogP contribution in [0.4, 0.5) is 11.4 Å². The van der Waals surface area contributed by atoms with E-state index in [1.807, 2.05) is 90.3 Å². The van der Waals surface area contributed by atoms with Crippen LogP contribution in [-0.4, -0.2) is 18.4 Å². The molecule has 4 aromatic rings. The van der Waals surface area contributed by atoms with Gasteiger partial charge in [-0.3, -0.25) is 9.59 Å². The van der Waals surface area contributed by atoms with E-state index in [0.717, 1.165) is 34.7 Å². The molecule has 0 aliphatic rings. The summed E-state index contributed by atoms with van der Waals surface area (Å²) in [4.78, 5) is 27.2. The summed E-state index contributed by atoms with van der Waals surface area (Å²) in [5.74, 6) is 0.552. The summed E-state index contributed by atoms with van der Waals surface area (Å²) in [6.07, 6.45) is 2.09. The zero-order valence-corrected chi connectivity index (χ0v) is 21.6. The zero-order chi connectivity index (χ0) is 25.2. The van der Waals surface area contributed by atoms with Gasteiger partial charge in [0.15, 0.2) is 0 Å². The van der Waals surface area contributed by atoms with E-state index < -0.39 is 5.25 Å². The number of unbranched alkanes of at least 4 members (excludes halogenated alkanes) is 1. The van der Waals surface area contributed by atoms with Crippen LogP contribution in [0, 0.1) is 0 Å². The van der Waals surface area contributed by atoms with Crippen molar-refractivity contribution >= 4 is 46.3 Å². The molecule has 0 saturated heterocycles. The van der Waals surface area contributed by atoms with E-state index in [2.05, 4.69) is 17.6 Å². The first-order chi connectivity index (χ1) is 17.6. The first-order valence-electron chi connectivity index (χ1n) is 11.8. The summed E-state index contributed by atoms with van der Waals surface area (Å²) in [6, 6.07) is 28.4. The minimum absolute atomic E-state index is 0.110. The van der Waals surface area contributed by atoms with Gasteiger partial charge in [-0.05, 0) is 72.0 Å². The maximum absolute atomic E-state index is 13.3. The summed E-state index contributed by atoms with van der Waals surface area (Å²) >= 11 is 2.86. The average molecular weight is 517 g/mol. The summed E-state index contributed by atoms with van der Waals surface area (Å²) in [5.41, 5.74) is 2.34. The van der Waals surface area contributed by atoms with Gasteiger partial charge in [-0.15, -0.1) is 23.1 Å². The number of rotatable bonds is 11. The second kappa shape index (κ2) is 13.0. The summed E-state index contributed by atoms with van der Waals surface area (Å²) in [5, 5.41) is 7.37. The minimum atomic E-state index is -0.446. The van der Waals surface area contributed by atoms with E-state index in [0.29, 0.717) is 17.2 Å². The van der Waals surface area contributed by atoms with Crippen molar-refractivity contribution in [3.05, 3.63) is 107 Å². The van der Waals surface area contributed by atoms with Gasteiger partial charge >= 0.3 is 0 Å². The largest absolute Gasteiger partial charge is 0.494 e. The molecular formula is C29H28N2O3S2. The quantitative estimate of drug-likeness (QED) is 0.159. The molecule has 2 N–H and O–H groups in total. The fourth-order valence-corrected chi connectivity index (χ4v) is 5.07. The minimum Gasteiger partial charge on any atom is -0.494 e. The number of thioether (sulfide) groups is 1. The van der Waals surface area contributed by atoms with Crippen molar-refractivity contribution in [1.29, 1.82) is 0 Å². The highest BCUT2D eigenvalue weighted by Crippen LogP contribution is 2.37. The number of carbonyl (C=O) groups excluding carboxylic acids is 2. The van der Waals surface area contributed by atoms with E-state index in [1.165, 1.54) is 23.1 Å². The molecule has 2 amide bonds. The third-order valence-corrected chi connectivity index (χ3v) is 7.47. The molecule has 0 radical (unpaired) electrons. The predicted molar refractivity (Wildman–Crippen MR) is 149 cm³/mol. The Balaban J connectivity index is 1.43. The van der Waals surface area contributed by atoms with Gasteiger partial charge in [0.25, 0.3) is 5.91 Å². The van der Waals surface area contributed by atoms with Crippen LogP contribution < -0.4 is 15.4 Å². The number of anilines is 2. The van der Waals surface area contributed by atoms with Gasteiger partial charge < -0.3 is 15.4 Å². The Morgan fingerprint density at radius 3 is 2.22 bits per heavy atom. The van der Waals surface area contributed by atoms with Gasteiger partial charge in [-0.1, -0.05) is 49.7 Å². The molecule has 0 fully saturated rings. The topological polar surface area (TPSA) is 67.4 Å². The van der Waals surface area contributed by atoms with E-state index in [-0.39, 0.29) is 11.8 Å². The molecule has 1 aromatic heterocycles. The van der Waals surface area contributed by atoms with Gasteiger partial charge in [-0.2, -0.15) is 0 Å². The fraction of sp³-hybridized carbons (Fsp3) is 0.172. The van der Waals surface area contributed by atoms with Crippen LogP contribution in [0.25, 0.3) is 0 Å². The zero-order valence-electron chi connectivity index (χ0n) is 20.0. The van der Waals surface area contributed by atoms with Crippen LogP contribution in [0.3, 0.4) is 0 Å². The van der Waals surface area contributed by atoms with E-state index in [4.69, 9.17) is 4.74 Å². The van der Waals surface area contributed by atoms with Crippen molar-refractivity contribution in [2.24, 2.45) is 0 Å². The Bertz CT molecular complexity index is 1240. The number of thiophene rings is 1. The van der Waals surface area contributed by atoms with Crippen molar-refractivity contribution < 1.29 is 14.3 Å². The number of amides is 2. The second-order valence-electron chi connectivity index (χ2n) is 8.08. The van der Waals surface area contributed by atoms with Crippen molar-refractivity contribution in [2.45, 2.75) is 29.9 Å². The van der Waals surface area contributed by atoms with E-state index in [1.54, 1.807) is 6.07 Å². The number of nitrogens with one attached hydrogen (secondary N) is 2. The predicted octanol–water partition coefficient (Wildman–Crippen LogP) is 7.65. The van der Waals surface area contributed by atoms with Gasteiger partial charge in [0, 0.05) is 16.3 Å². The monoisotopic (exact) mass is 516 g/mol. The standard InChI is InChI=1S/C29H28N2O3S2/c1-2-3-19-34-24-15-11-22(12-16-24)31-29(33)27(21-8-5-4-6-9-21)36-25-17-13-23(14-18-25)30-28(32)26-10-7-20-35-26/h4-18,20,27H,2-3,19H2,1H3,(H,30,32)(H,31,33). The summed E-state index contributed by atoms with van der Waals surface area (Å²) < 4.78 is 5.71. The molecule has 1 heterocycles. The van der Waals surface area contributed by atoms with Crippen LogP contribution in [0.15, 0.2) is 101 Å². The van der Waals surface area contributed by atoms with Crippen LogP contribution in [-0.2, 0) is 4.79 Å². The molecule has 4 rings (SSSR count). The average Bonchev–Trinajstić information content (AvgIpc) is 3.45. The highest BCUT2D eigenvalue weighted by atomic mass is 32.2. The normalized spacial score (nSPS) is 11.5. The molecule has 0 saturated carbocycles. The molecule has 0 bridgehead atoms. The third-order valence-electron chi connectivity index (χ3n) is 5.34. The van der Waals surface area contributed by atoms with Gasteiger partial charge in [0.1, 0.15) is 11.0 Å². The molecule has 1 atom stereocenters. The molecule has 0 spiro atoms. The molecule has 1 unspecified atom stereocenters. The van der Waals surface area contributed by atoms with Gasteiger partial charge in [0.2, 0.25) is 5.91 Å². The number of benzene rings is 3. The van der Waals surface area contributed by atoms with E-state index in [9.17, 15) is 9.59 Å². The van der Waals surface area contributed by atoms with E-state index >= 15 is 0 Å². The van der Waals surface area contributed by atoms with Crippen molar-refractivity contribution in [1.82, 2.24) is 0 Å². The number of ether oxygens (including phenoxy) is 1. The third kappa shape index (κ3) is 7.23. The van der Waals surface area contributed by atoms with Gasteiger partial charge in [-0.25, -0.2) is 0 Å². The summed E-state index contributed by atoms with van der Waals surface area (Å²) in [6.45, 7) is 2.81. The Kier molecular flexibility index (Phi) is 9.19. The van der Waals surface area contributed by atoms with Crippen molar-refractivity contribution in [2.75, 3.05) is 17.2 Å². The van der Waals surface area contributed by atoms with Crippen LogP contribution in [0.2, 0.25) is 0 Å². The molecule has 0 aliphatic heterocycles. The SMILES string of the molecule is CCCCOc1ccc(NC(=O)C(Sc2ccc(NC(=O)c3cccs3)cc2)c2ccccc2)cc1. The Labute approximate surface area is 219 Å². The smallest absolute Gasteiger partial charge is 0.265 e. The maximum atomic E-state index is 13.3. The van der Waals surface area contributed by atoms with Gasteiger partial charge in [0.05, 0.1) is 11.5 Å². The number of carbonyl (C=O) groups is 2. The molecule has 5 nitrogen and oxygen atoms in total. The second-order valence-corrected chi connectivity index (χ2v) is 10.2. The van der Waals surface area contributed by atoms with Crippen LogP contribution >= 0.6 is 23.1 Å². The summed E-state index contributed by atoms with van der Waals surface area (Å²) in [7, 11) is 0. The molecule has 184 valence electrons. The Hall–Kier alpha value is -3.55. The first kappa shape index (κ1) is 25.5. The highest BCUT2D eigenvalue weighted by Gasteiger charge is 2.22. The molecule has 0 aliphatic carbocycles. The van der Waals surface area contributed by atoms with Crippen LogP contribution in [0.1, 0.15) is 40.3 Å². The molecule has 3 aromatic carbocycles. The molecular weight excluding hydrogens is 488 g/mol. The lowest BCUT2D eigenvalue weighted by atomic mass is 10.1. The maximum Gasteiger partial charge on any atom is 0.265 e. The highest BCUT2D eigenvalue weighted by molar-refractivity contribution is 8.00. The Morgan fingerprint density at radius 2 is 1.56 bits per heavy atom. The lowest BCUT2D eigenvalue weighted by molar-refractivity contribution is -0.115. The molecule has 36 heavy (non-hydrogen) atoms. The van der Waals surface area contributed by atoms with Crippen molar-refractivity contribution in [3.63, 3.8) is 0 Å². The fourth-order valence-electron chi connectivity index (χ4n) is 3.43. The Morgan fingerprint density at radius 1 is 0.861 bits per heavy atom. The lowest BCUT2D eigenvalue weighted by Gasteiger charge is -2.17. The number of hydrogen-bond acceptors (Lipinski definition) is 5. The first-order valence-corrected chi connectivity index (χ1v) is 13.6. The van der Waals surface area contributed by atoms with Crippen molar-refractivity contribution in [3.8, 4) is 5.75 Å². The number of hydrogen-bond donors (Lipinski definition) is 2. The molecule has 7 heteroatoms. The lowest BCUT2D eigenvalue weighted by Crippen LogP contribution is -2.19. The van der Waals surface area contributed by atoms with Crippen LogP contribution in [0.5, 0.6) is 5.75 Å².